The number of piperidine rings is 1. The molecule has 1 aliphatic heterocycles. The zero-order chi connectivity index (χ0) is 19.8. The predicted octanol–water partition coefficient (Wildman–Crippen LogP) is 3.14. The number of aromatic nitrogens is 6. The molecule has 0 amide bonds. The van der Waals surface area contributed by atoms with E-state index in [4.69, 9.17) is 4.98 Å². The second-order valence-electron chi connectivity index (χ2n) is 7.93. The fraction of sp³-hybridized carbons (Fsp3) is 0.364. The lowest BCUT2D eigenvalue weighted by Crippen LogP contribution is -2.32. The van der Waals surface area contributed by atoms with Crippen LogP contribution < -0.4 is 0 Å². The molecule has 0 N–H and O–H groups in total. The van der Waals surface area contributed by atoms with Crippen LogP contribution in [0.5, 0.6) is 0 Å². The summed E-state index contributed by atoms with van der Waals surface area (Å²) in [6.45, 7) is 3.12. The number of nitrogens with zero attached hydrogens (tertiary/aromatic N) is 7. The highest BCUT2D eigenvalue weighted by Crippen LogP contribution is 2.33. The summed E-state index contributed by atoms with van der Waals surface area (Å²) in [6.07, 6.45) is 11.8. The highest BCUT2D eigenvalue weighted by molar-refractivity contribution is 5.89. The van der Waals surface area contributed by atoms with Crippen molar-refractivity contribution in [2.75, 3.05) is 13.1 Å². The Morgan fingerprint density at radius 1 is 1.14 bits per heavy atom. The second-order valence-corrected chi connectivity index (χ2v) is 7.93. The van der Waals surface area contributed by atoms with E-state index in [2.05, 4.69) is 42.9 Å². The highest BCUT2D eigenvalue weighted by atomic mass is 15.2. The van der Waals surface area contributed by atoms with Gasteiger partial charge in [-0.2, -0.15) is 5.10 Å². The first-order chi connectivity index (χ1) is 14.2. The molecule has 0 unspecified atom stereocenters. The van der Waals surface area contributed by atoms with Gasteiger partial charge in [-0.3, -0.25) is 19.5 Å². The van der Waals surface area contributed by atoms with E-state index in [0.29, 0.717) is 5.92 Å². The third kappa shape index (κ3) is 3.53. The molecule has 1 saturated heterocycles. The molecule has 0 saturated carbocycles. The zero-order valence-electron chi connectivity index (χ0n) is 16.9. The molecule has 7 heteroatoms. The highest BCUT2D eigenvalue weighted by Gasteiger charge is 2.24. The third-order valence-electron chi connectivity index (χ3n) is 5.84. The van der Waals surface area contributed by atoms with Gasteiger partial charge in [-0.1, -0.05) is 0 Å². The maximum absolute atomic E-state index is 5.07. The van der Waals surface area contributed by atoms with Crippen LogP contribution in [0.15, 0.2) is 49.3 Å². The largest absolute Gasteiger partial charge is 0.334 e. The van der Waals surface area contributed by atoms with Crippen molar-refractivity contribution in [2.45, 2.75) is 25.3 Å². The van der Waals surface area contributed by atoms with Crippen molar-refractivity contribution in [1.82, 2.24) is 34.2 Å². The molecular formula is C22H25N7. The molecule has 148 valence electrons. The fourth-order valence-corrected chi connectivity index (χ4v) is 4.26. The molecule has 29 heavy (non-hydrogen) atoms. The Labute approximate surface area is 170 Å². The monoisotopic (exact) mass is 387 g/mol. The third-order valence-corrected chi connectivity index (χ3v) is 5.84. The molecule has 0 radical (unpaired) electrons. The molecule has 0 atom stereocenters. The van der Waals surface area contributed by atoms with Crippen LogP contribution >= 0.6 is 0 Å². The second kappa shape index (κ2) is 7.40. The lowest BCUT2D eigenvalue weighted by atomic mass is 9.92. The molecule has 4 aromatic rings. The molecule has 7 nitrogen and oxygen atoms in total. The Morgan fingerprint density at radius 2 is 2.00 bits per heavy atom. The van der Waals surface area contributed by atoms with Crippen molar-refractivity contribution in [3.05, 3.63) is 60.6 Å². The Kier molecular flexibility index (Phi) is 4.60. The van der Waals surface area contributed by atoms with Gasteiger partial charge in [-0.25, -0.2) is 4.98 Å². The average Bonchev–Trinajstić information content (AvgIpc) is 3.34. The maximum atomic E-state index is 5.07. The Hall–Kier alpha value is -3.06. The summed E-state index contributed by atoms with van der Waals surface area (Å²) in [5, 5.41) is 4.28. The van der Waals surface area contributed by atoms with Crippen molar-refractivity contribution in [2.24, 2.45) is 14.1 Å². The van der Waals surface area contributed by atoms with E-state index in [1.807, 2.05) is 43.6 Å². The summed E-state index contributed by atoms with van der Waals surface area (Å²) in [4.78, 5) is 16.5. The summed E-state index contributed by atoms with van der Waals surface area (Å²) in [5.41, 5.74) is 6.47. The number of hydrogen-bond acceptors (Lipinski definition) is 5. The van der Waals surface area contributed by atoms with E-state index in [1.165, 1.54) is 11.3 Å². The van der Waals surface area contributed by atoms with E-state index in [9.17, 15) is 0 Å². The maximum Gasteiger partial charge on any atom is 0.115 e. The van der Waals surface area contributed by atoms with Gasteiger partial charge in [0.2, 0.25) is 0 Å². The lowest BCUT2D eigenvalue weighted by Gasteiger charge is -2.31. The summed E-state index contributed by atoms with van der Waals surface area (Å²) in [6, 6.07) is 6.24. The van der Waals surface area contributed by atoms with Crippen LogP contribution in [-0.4, -0.2) is 47.3 Å². The normalized spacial score (nSPS) is 15.9. The summed E-state index contributed by atoms with van der Waals surface area (Å²) >= 11 is 0. The van der Waals surface area contributed by atoms with Crippen LogP contribution in [0.25, 0.3) is 22.3 Å². The molecule has 1 aliphatic rings. The SMILES string of the molecule is Cn1cc(CN2CCC(c3cc4c(ncn4C)c(-c4cccnc4)n3)CC2)cn1. The topological polar surface area (TPSA) is 64.7 Å². The van der Waals surface area contributed by atoms with E-state index >= 15 is 0 Å². The summed E-state index contributed by atoms with van der Waals surface area (Å²) < 4.78 is 3.95. The van der Waals surface area contributed by atoms with Crippen LogP contribution in [0.4, 0.5) is 0 Å². The molecule has 1 fully saturated rings. The number of likely N-dealkylation sites (tertiary alicyclic amines) is 1. The minimum atomic E-state index is 0.467. The molecule has 0 aromatic carbocycles. The molecule has 0 aliphatic carbocycles. The van der Waals surface area contributed by atoms with E-state index in [-0.39, 0.29) is 0 Å². The van der Waals surface area contributed by atoms with Gasteiger partial charge < -0.3 is 4.57 Å². The van der Waals surface area contributed by atoms with E-state index < -0.39 is 0 Å². The minimum Gasteiger partial charge on any atom is -0.334 e. The van der Waals surface area contributed by atoms with Crippen molar-refractivity contribution >= 4 is 11.0 Å². The van der Waals surface area contributed by atoms with Gasteiger partial charge in [-0.15, -0.1) is 0 Å². The van der Waals surface area contributed by atoms with Gasteiger partial charge in [0.05, 0.1) is 23.7 Å². The lowest BCUT2D eigenvalue weighted by molar-refractivity contribution is 0.203. The quantitative estimate of drug-likeness (QED) is 0.538. The number of pyridine rings is 2. The van der Waals surface area contributed by atoms with Crippen molar-refractivity contribution in [3.63, 3.8) is 0 Å². The van der Waals surface area contributed by atoms with Gasteiger partial charge in [0.15, 0.2) is 0 Å². The van der Waals surface area contributed by atoms with Crippen LogP contribution in [0, 0.1) is 0 Å². The summed E-state index contributed by atoms with van der Waals surface area (Å²) in [7, 11) is 4.01. The zero-order valence-corrected chi connectivity index (χ0v) is 16.9. The van der Waals surface area contributed by atoms with Gasteiger partial charge in [-0.05, 0) is 44.1 Å². The Bertz CT molecular complexity index is 1120. The van der Waals surface area contributed by atoms with Crippen molar-refractivity contribution < 1.29 is 0 Å². The van der Waals surface area contributed by atoms with Gasteiger partial charge in [0, 0.05) is 62.0 Å². The number of hydrogen-bond donors (Lipinski definition) is 0. The number of rotatable bonds is 4. The fourth-order valence-electron chi connectivity index (χ4n) is 4.26. The molecule has 0 spiro atoms. The van der Waals surface area contributed by atoms with E-state index in [0.717, 1.165) is 54.8 Å². The number of aryl methyl sites for hydroxylation is 2. The van der Waals surface area contributed by atoms with Crippen LogP contribution in [-0.2, 0) is 20.6 Å². The van der Waals surface area contributed by atoms with E-state index in [1.54, 1.807) is 6.20 Å². The van der Waals surface area contributed by atoms with Crippen LogP contribution in [0.2, 0.25) is 0 Å². The Morgan fingerprint density at radius 3 is 2.72 bits per heavy atom. The first kappa shape index (κ1) is 18.0. The smallest absolute Gasteiger partial charge is 0.115 e. The molecule has 0 bridgehead atoms. The predicted molar refractivity (Wildman–Crippen MR) is 112 cm³/mol. The average molecular weight is 387 g/mol. The van der Waals surface area contributed by atoms with Crippen molar-refractivity contribution in [1.29, 1.82) is 0 Å². The molecular weight excluding hydrogens is 362 g/mol. The van der Waals surface area contributed by atoms with Crippen molar-refractivity contribution in [3.8, 4) is 11.3 Å². The minimum absolute atomic E-state index is 0.467. The van der Waals surface area contributed by atoms with Gasteiger partial charge in [0.25, 0.3) is 0 Å². The summed E-state index contributed by atoms with van der Waals surface area (Å²) in [5.74, 6) is 0.467. The first-order valence-electron chi connectivity index (χ1n) is 10.1. The molecule has 4 aromatic heterocycles. The Balaban J connectivity index is 1.40. The van der Waals surface area contributed by atoms with Crippen LogP contribution in [0.1, 0.15) is 30.0 Å². The standard InChI is InChI=1S/C22H25N7/c1-27-15-24-22-20(27)10-19(26-21(22)18-4-3-7-23-12-18)17-5-8-29(9-6-17)14-16-11-25-28(2)13-16/h3-4,7,10-13,15,17H,5-6,8-9,14H2,1-2H3. The van der Waals surface area contributed by atoms with Crippen LogP contribution in [0.3, 0.4) is 0 Å². The van der Waals surface area contributed by atoms with Gasteiger partial charge in [0.1, 0.15) is 5.52 Å². The number of imidazole rings is 1. The molecule has 5 heterocycles. The van der Waals surface area contributed by atoms with Gasteiger partial charge >= 0.3 is 0 Å². The number of fused-ring (bicyclic) bond motifs is 1. The first-order valence-corrected chi connectivity index (χ1v) is 10.1. The molecule has 5 rings (SSSR count).